The number of H-pyrrole nitrogens is 1. The molecule has 3 nitrogen and oxygen atoms in total. The Labute approximate surface area is 107 Å². The second-order valence-corrected chi connectivity index (χ2v) is 10.8. The Hall–Kier alpha value is -1.36. The minimum atomic E-state index is -1.93. The summed E-state index contributed by atoms with van der Waals surface area (Å²) in [5.74, 6) is 0.270. The highest BCUT2D eigenvalue weighted by Gasteiger charge is 2.39. The smallest absolute Gasteiger partial charge is 0.250 e. The number of aromatic nitrogens is 2. The van der Waals surface area contributed by atoms with Crippen LogP contribution in [0.2, 0.25) is 18.1 Å². The third kappa shape index (κ3) is 2.27. The molecule has 5 heteroatoms. The number of nitrogens with zero attached hydrogens (tertiary/aromatic N) is 1. The summed E-state index contributed by atoms with van der Waals surface area (Å²) in [7, 11) is -1.93. The van der Waals surface area contributed by atoms with Gasteiger partial charge in [0.1, 0.15) is 11.3 Å². The molecule has 0 aliphatic rings. The normalized spacial score (nSPS) is 13.0. The lowest BCUT2D eigenvalue weighted by Crippen LogP contribution is -2.43. The van der Waals surface area contributed by atoms with Crippen LogP contribution in [0.25, 0.3) is 10.9 Å². The molecule has 2 rings (SSSR count). The van der Waals surface area contributed by atoms with Crippen LogP contribution in [0, 0.1) is 5.82 Å². The highest BCUT2D eigenvalue weighted by Crippen LogP contribution is 2.38. The van der Waals surface area contributed by atoms with E-state index < -0.39 is 8.32 Å². The molecule has 98 valence electrons. The van der Waals surface area contributed by atoms with Gasteiger partial charge in [0.2, 0.25) is 8.32 Å². The molecule has 0 unspecified atom stereocenters. The quantitative estimate of drug-likeness (QED) is 0.831. The van der Waals surface area contributed by atoms with Crippen molar-refractivity contribution in [1.29, 1.82) is 0 Å². The van der Waals surface area contributed by atoms with Gasteiger partial charge in [-0.25, -0.2) is 4.39 Å². The van der Waals surface area contributed by atoms with Gasteiger partial charge in [0.15, 0.2) is 5.82 Å². The van der Waals surface area contributed by atoms with E-state index in [-0.39, 0.29) is 10.9 Å². The van der Waals surface area contributed by atoms with E-state index >= 15 is 0 Å². The average molecular weight is 266 g/mol. The first-order valence-corrected chi connectivity index (χ1v) is 8.93. The monoisotopic (exact) mass is 266 g/mol. The Morgan fingerprint density at radius 1 is 1.28 bits per heavy atom. The van der Waals surface area contributed by atoms with Crippen LogP contribution in [-0.2, 0) is 0 Å². The zero-order valence-corrected chi connectivity index (χ0v) is 12.5. The number of rotatable bonds is 2. The van der Waals surface area contributed by atoms with E-state index in [1.54, 1.807) is 6.20 Å². The number of halogens is 1. The fourth-order valence-corrected chi connectivity index (χ4v) is 2.51. The second kappa shape index (κ2) is 4.09. The van der Waals surface area contributed by atoms with Gasteiger partial charge in [-0.05, 0) is 24.2 Å². The van der Waals surface area contributed by atoms with Crippen molar-refractivity contribution in [3.63, 3.8) is 0 Å². The van der Waals surface area contributed by atoms with Gasteiger partial charge < -0.3 is 4.43 Å². The van der Waals surface area contributed by atoms with E-state index in [0.717, 1.165) is 5.39 Å². The summed E-state index contributed by atoms with van der Waals surface area (Å²) in [6, 6.07) is 3.27. The van der Waals surface area contributed by atoms with E-state index in [1.807, 2.05) is 6.07 Å². The Kier molecular flexibility index (Phi) is 2.97. The Balaban J connectivity index is 2.38. The maximum absolute atomic E-state index is 13.8. The number of hydrogen-bond acceptors (Lipinski definition) is 2. The molecule has 0 atom stereocenters. The maximum atomic E-state index is 13.8. The van der Waals surface area contributed by atoms with Crippen LogP contribution in [0.5, 0.6) is 5.75 Å². The first-order valence-electron chi connectivity index (χ1n) is 6.02. The van der Waals surface area contributed by atoms with Crippen LogP contribution >= 0.6 is 0 Å². The van der Waals surface area contributed by atoms with Crippen molar-refractivity contribution in [2.75, 3.05) is 0 Å². The van der Waals surface area contributed by atoms with Gasteiger partial charge in [0, 0.05) is 11.5 Å². The maximum Gasteiger partial charge on any atom is 0.250 e. The van der Waals surface area contributed by atoms with E-state index in [4.69, 9.17) is 4.43 Å². The van der Waals surface area contributed by atoms with Crippen molar-refractivity contribution < 1.29 is 8.82 Å². The molecule has 1 heterocycles. The van der Waals surface area contributed by atoms with Gasteiger partial charge in [-0.15, -0.1) is 0 Å². The number of nitrogens with one attached hydrogen (secondary N) is 1. The largest absolute Gasteiger partial charge is 0.543 e. The summed E-state index contributed by atoms with van der Waals surface area (Å²) in [6.07, 6.45) is 1.61. The number of hydrogen-bond donors (Lipinski definition) is 1. The van der Waals surface area contributed by atoms with Crippen LogP contribution in [0.3, 0.4) is 0 Å². The second-order valence-electron chi connectivity index (χ2n) is 6.10. The number of benzene rings is 1. The highest BCUT2D eigenvalue weighted by atomic mass is 28.4. The van der Waals surface area contributed by atoms with Crippen LogP contribution in [-0.4, -0.2) is 18.5 Å². The van der Waals surface area contributed by atoms with Gasteiger partial charge in [-0.3, -0.25) is 5.10 Å². The van der Waals surface area contributed by atoms with Gasteiger partial charge in [-0.2, -0.15) is 5.10 Å². The van der Waals surface area contributed by atoms with Crippen molar-refractivity contribution in [3.8, 4) is 5.75 Å². The standard InChI is InChI=1S/C13H19FN2OSi/c1-13(2,3)18(4,5)17-10-6-9-8-15-16-12(9)11(14)7-10/h6-8H,1-5H3,(H,15,16). The number of aromatic amines is 1. The SMILES string of the molecule is CC(C)(C)[Si](C)(C)Oc1cc(F)c2[nH]ncc2c1. The molecule has 1 aromatic heterocycles. The molecule has 18 heavy (non-hydrogen) atoms. The molecule has 0 bridgehead atoms. The third-order valence-electron chi connectivity index (χ3n) is 3.65. The molecule has 0 fully saturated rings. The molecule has 0 amide bonds. The summed E-state index contributed by atoms with van der Waals surface area (Å²) < 4.78 is 19.9. The first-order chi connectivity index (χ1) is 8.21. The molecular formula is C13H19FN2OSi. The Morgan fingerprint density at radius 2 is 1.94 bits per heavy atom. The molecule has 0 aliphatic heterocycles. The lowest BCUT2D eigenvalue weighted by Gasteiger charge is -2.36. The highest BCUT2D eigenvalue weighted by molar-refractivity contribution is 6.74. The zero-order chi connectivity index (χ0) is 13.6. The zero-order valence-electron chi connectivity index (χ0n) is 11.5. The topological polar surface area (TPSA) is 37.9 Å². The fourth-order valence-electron chi connectivity index (χ4n) is 1.49. The van der Waals surface area contributed by atoms with E-state index in [0.29, 0.717) is 11.3 Å². The summed E-state index contributed by atoms with van der Waals surface area (Å²) in [5, 5.41) is 7.31. The lowest BCUT2D eigenvalue weighted by atomic mass is 10.2. The molecule has 1 N–H and O–H groups in total. The molecule has 2 aromatic rings. The minimum absolute atomic E-state index is 0.0921. The van der Waals surface area contributed by atoms with Crippen LogP contribution in [0.4, 0.5) is 4.39 Å². The average Bonchev–Trinajstić information content (AvgIpc) is 2.63. The fraction of sp³-hybridized carbons (Fsp3) is 0.462. The lowest BCUT2D eigenvalue weighted by molar-refractivity contribution is 0.488. The van der Waals surface area contributed by atoms with E-state index in [1.165, 1.54) is 6.07 Å². The third-order valence-corrected chi connectivity index (χ3v) is 8.01. The van der Waals surface area contributed by atoms with Gasteiger partial charge in [0.05, 0.1) is 6.20 Å². The van der Waals surface area contributed by atoms with E-state index in [2.05, 4.69) is 44.1 Å². The van der Waals surface area contributed by atoms with Gasteiger partial charge >= 0.3 is 0 Å². The summed E-state index contributed by atoms with van der Waals surface area (Å²) >= 11 is 0. The summed E-state index contributed by atoms with van der Waals surface area (Å²) in [6.45, 7) is 10.8. The number of fused-ring (bicyclic) bond motifs is 1. The van der Waals surface area contributed by atoms with Crippen molar-refractivity contribution in [2.24, 2.45) is 0 Å². The molecule has 0 saturated carbocycles. The molecular weight excluding hydrogens is 247 g/mol. The first kappa shape index (κ1) is 13.1. The molecule has 0 radical (unpaired) electrons. The Morgan fingerprint density at radius 3 is 2.56 bits per heavy atom. The van der Waals surface area contributed by atoms with Crippen molar-refractivity contribution in [3.05, 3.63) is 24.1 Å². The molecule has 1 aromatic carbocycles. The van der Waals surface area contributed by atoms with Crippen molar-refractivity contribution in [1.82, 2.24) is 10.2 Å². The van der Waals surface area contributed by atoms with Crippen LogP contribution < -0.4 is 4.43 Å². The van der Waals surface area contributed by atoms with E-state index in [9.17, 15) is 4.39 Å². The predicted octanol–water partition coefficient (Wildman–Crippen LogP) is 4.09. The molecule has 0 spiro atoms. The van der Waals surface area contributed by atoms with Crippen molar-refractivity contribution in [2.45, 2.75) is 38.9 Å². The Bertz CT molecular complexity index is 572. The predicted molar refractivity (Wildman–Crippen MR) is 73.9 cm³/mol. The van der Waals surface area contributed by atoms with Crippen LogP contribution in [0.1, 0.15) is 20.8 Å². The summed E-state index contributed by atoms with van der Waals surface area (Å²) in [4.78, 5) is 0. The minimum Gasteiger partial charge on any atom is -0.543 e. The van der Waals surface area contributed by atoms with Gasteiger partial charge in [-0.1, -0.05) is 20.8 Å². The van der Waals surface area contributed by atoms with Crippen molar-refractivity contribution >= 4 is 19.2 Å². The van der Waals surface area contributed by atoms with Crippen LogP contribution in [0.15, 0.2) is 18.3 Å². The molecule has 0 aliphatic carbocycles. The summed E-state index contributed by atoms with van der Waals surface area (Å²) in [5.41, 5.74) is 0.428. The van der Waals surface area contributed by atoms with Gasteiger partial charge in [0.25, 0.3) is 0 Å². The molecule has 0 saturated heterocycles.